The minimum absolute atomic E-state index is 0.143. The van der Waals surface area contributed by atoms with Crippen LogP contribution in [0.3, 0.4) is 0 Å². The van der Waals surface area contributed by atoms with E-state index in [-0.39, 0.29) is 6.61 Å². The molecule has 2 heterocycles. The van der Waals surface area contributed by atoms with E-state index in [2.05, 4.69) is 10.1 Å². The highest BCUT2D eigenvalue weighted by Gasteiger charge is 2.33. The Morgan fingerprint density at radius 2 is 1.86 bits per heavy atom. The topological polar surface area (TPSA) is 92.0 Å². The third kappa shape index (κ3) is 3.80. The fourth-order valence-corrected chi connectivity index (χ4v) is 2.80. The molecule has 8 heteroatoms. The molecule has 146 valence electrons. The van der Waals surface area contributed by atoms with E-state index in [0.29, 0.717) is 22.9 Å². The third-order valence-electron chi connectivity index (χ3n) is 4.05. The molecule has 28 heavy (non-hydrogen) atoms. The van der Waals surface area contributed by atoms with Gasteiger partial charge in [-0.05, 0) is 19.9 Å². The number of carbonyl (C=O) groups excluding carboxylic acids is 2. The molecule has 0 N–H and O–H groups in total. The first-order valence-corrected chi connectivity index (χ1v) is 8.79. The lowest BCUT2D eigenvalue weighted by atomic mass is 10.1. The van der Waals surface area contributed by atoms with Crippen molar-refractivity contribution in [3.8, 4) is 17.1 Å². The number of benzene rings is 1. The molecule has 0 saturated carbocycles. The number of nitrogens with zero attached hydrogens (tertiary/aromatic N) is 3. The average Bonchev–Trinajstić information content (AvgIpc) is 3.04. The maximum Gasteiger partial charge on any atom is 0.353 e. The monoisotopic (exact) mass is 383 g/mol. The van der Waals surface area contributed by atoms with E-state index in [4.69, 9.17) is 14.2 Å². The predicted molar refractivity (Wildman–Crippen MR) is 101 cm³/mol. The van der Waals surface area contributed by atoms with Gasteiger partial charge in [-0.15, -0.1) is 5.10 Å². The number of hydrogen-bond acceptors (Lipinski definition) is 7. The summed E-state index contributed by atoms with van der Waals surface area (Å²) >= 11 is 0. The number of aryl methyl sites for hydroxylation is 1. The van der Waals surface area contributed by atoms with Crippen LogP contribution >= 0.6 is 0 Å². The molecule has 2 aromatic heterocycles. The Balaban J connectivity index is 2.28. The molecule has 0 aliphatic rings. The zero-order valence-electron chi connectivity index (χ0n) is 16.1. The highest BCUT2D eigenvalue weighted by atomic mass is 16.6. The first-order chi connectivity index (χ1) is 13.4. The molecule has 1 unspecified atom stereocenters. The van der Waals surface area contributed by atoms with Gasteiger partial charge >= 0.3 is 11.9 Å². The van der Waals surface area contributed by atoms with Crippen molar-refractivity contribution in [1.29, 1.82) is 0 Å². The van der Waals surface area contributed by atoms with Crippen molar-refractivity contribution in [2.75, 3.05) is 13.7 Å². The van der Waals surface area contributed by atoms with E-state index < -0.39 is 18.0 Å². The van der Waals surface area contributed by atoms with Crippen molar-refractivity contribution in [3.05, 3.63) is 47.7 Å². The van der Waals surface area contributed by atoms with E-state index >= 15 is 0 Å². The van der Waals surface area contributed by atoms with E-state index in [1.165, 1.54) is 18.5 Å². The number of fused-ring (bicyclic) bond motifs is 1. The van der Waals surface area contributed by atoms with Gasteiger partial charge in [0.1, 0.15) is 5.69 Å². The fraction of sp³-hybridized carbons (Fsp3) is 0.300. The summed E-state index contributed by atoms with van der Waals surface area (Å²) in [5.41, 5.74) is 3.08. The molecule has 1 aromatic carbocycles. The summed E-state index contributed by atoms with van der Waals surface area (Å²) in [6, 6.07) is 11.0. The summed E-state index contributed by atoms with van der Waals surface area (Å²) in [4.78, 5) is 28.9. The molecule has 0 bridgehead atoms. The summed E-state index contributed by atoms with van der Waals surface area (Å²) in [6.45, 7) is 5.03. The van der Waals surface area contributed by atoms with Crippen LogP contribution in [0, 0.1) is 6.92 Å². The molecule has 0 aliphatic carbocycles. The Bertz CT molecular complexity index is 1010. The van der Waals surface area contributed by atoms with Crippen molar-refractivity contribution in [2.24, 2.45) is 0 Å². The highest BCUT2D eigenvalue weighted by Crippen LogP contribution is 2.32. The number of imidazole rings is 1. The number of esters is 2. The van der Waals surface area contributed by atoms with Gasteiger partial charge in [-0.1, -0.05) is 29.8 Å². The van der Waals surface area contributed by atoms with Crippen molar-refractivity contribution in [1.82, 2.24) is 14.6 Å². The molecule has 0 aliphatic heterocycles. The number of aromatic nitrogens is 3. The molecule has 0 radical (unpaired) electrons. The fourth-order valence-electron chi connectivity index (χ4n) is 2.80. The minimum Gasteiger partial charge on any atom is -0.480 e. The van der Waals surface area contributed by atoms with Crippen molar-refractivity contribution in [3.63, 3.8) is 0 Å². The van der Waals surface area contributed by atoms with Crippen LogP contribution in [0.4, 0.5) is 0 Å². The van der Waals surface area contributed by atoms with Gasteiger partial charge in [-0.25, -0.2) is 14.3 Å². The van der Waals surface area contributed by atoms with E-state index in [9.17, 15) is 9.59 Å². The highest BCUT2D eigenvalue weighted by molar-refractivity contribution is 5.83. The molecule has 0 fully saturated rings. The molecule has 3 rings (SSSR count). The number of ether oxygens (including phenoxy) is 3. The smallest absolute Gasteiger partial charge is 0.353 e. The van der Waals surface area contributed by atoms with Gasteiger partial charge in [0, 0.05) is 18.6 Å². The van der Waals surface area contributed by atoms with Crippen molar-refractivity contribution >= 4 is 17.6 Å². The Morgan fingerprint density at radius 1 is 1.14 bits per heavy atom. The molecule has 3 aromatic rings. The van der Waals surface area contributed by atoms with E-state index in [0.717, 1.165) is 11.1 Å². The Labute approximate surface area is 162 Å². The van der Waals surface area contributed by atoms with Crippen LogP contribution in [0.1, 0.15) is 31.2 Å². The normalized spacial score (nSPS) is 11.9. The van der Waals surface area contributed by atoms with Gasteiger partial charge in [0.15, 0.2) is 5.65 Å². The quantitative estimate of drug-likeness (QED) is 0.604. The van der Waals surface area contributed by atoms with Crippen LogP contribution in [0.5, 0.6) is 5.88 Å². The zero-order chi connectivity index (χ0) is 20.3. The largest absolute Gasteiger partial charge is 0.480 e. The molecule has 8 nitrogen and oxygen atoms in total. The Kier molecular flexibility index (Phi) is 5.58. The number of carbonyl (C=O) groups is 2. The molecule has 0 amide bonds. The van der Waals surface area contributed by atoms with Gasteiger partial charge in [0.25, 0.3) is 0 Å². The Hall–Kier alpha value is -3.42. The Morgan fingerprint density at radius 3 is 2.46 bits per heavy atom. The van der Waals surface area contributed by atoms with Crippen LogP contribution in [0.2, 0.25) is 0 Å². The van der Waals surface area contributed by atoms with Crippen LogP contribution in [-0.2, 0) is 19.1 Å². The van der Waals surface area contributed by atoms with E-state index in [1.807, 2.05) is 31.2 Å². The second-order valence-corrected chi connectivity index (χ2v) is 6.10. The van der Waals surface area contributed by atoms with Crippen LogP contribution < -0.4 is 4.74 Å². The number of hydrogen-bond donors (Lipinski definition) is 0. The summed E-state index contributed by atoms with van der Waals surface area (Å²) < 4.78 is 17.1. The maximum absolute atomic E-state index is 12.6. The summed E-state index contributed by atoms with van der Waals surface area (Å²) in [7, 11) is 1.49. The van der Waals surface area contributed by atoms with E-state index in [1.54, 1.807) is 19.1 Å². The average molecular weight is 383 g/mol. The minimum atomic E-state index is -1.32. The van der Waals surface area contributed by atoms with Crippen LogP contribution in [0.25, 0.3) is 16.9 Å². The van der Waals surface area contributed by atoms with Crippen LogP contribution in [0.15, 0.2) is 36.4 Å². The zero-order valence-corrected chi connectivity index (χ0v) is 16.1. The number of rotatable bonds is 6. The molecular formula is C20H21N3O5. The van der Waals surface area contributed by atoms with Crippen molar-refractivity contribution < 1.29 is 23.8 Å². The van der Waals surface area contributed by atoms with Gasteiger partial charge in [0.2, 0.25) is 12.0 Å². The summed E-state index contributed by atoms with van der Waals surface area (Å²) in [6.07, 6.45) is -1.32. The summed E-state index contributed by atoms with van der Waals surface area (Å²) in [5, 5.41) is 4.36. The SMILES string of the molecule is CCOC(=O)C(OC(C)=O)c1c(-c2ccc(C)cc2)nc2ccc(OC)nn12. The summed E-state index contributed by atoms with van der Waals surface area (Å²) in [5.74, 6) is -0.990. The standard InChI is InChI=1S/C20H21N3O5/c1-5-27-20(25)19(28-13(3)24)18-17(14-8-6-12(2)7-9-14)21-15-10-11-16(26-4)22-23(15)18/h6-11,19H,5H2,1-4H3. The van der Waals surface area contributed by atoms with Gasteiger partial charge in [-0.3, -0.25) is 4.79 Å². The molecular weight excluding hydrogens is 362 g/mol. The lowest BCUT2D eigenvalue weighted by Gasteiger charge is -2.16. The third-order valence-corrected chi connectivity index (χ3v) is 4.05. The predicted octanol–water partition coefficient (Wildman–Crippen LogP) is 2.88. The van der Waals surface area contributed by atoms with Crippen molar-refractivity contribution in [2.45, 2.75) is 26.9 Å². The maximum atomic E-state index is 12.6. The second kappa shape index (κ2) is 8.08. The van der Waals surface area contributed by atoms with Gasteiger partial charge in [-0.2, -0.15) is 0 Å². The number of methoxy groups -OCH3 is 1. The molecule has 0 spiro atoms. The first-order valence-electron chi connectivity index (χ1n) is 8.79. The van der Waals surface area contributed by atoms with Gasteiger partial charge < -0.3 is 14.2 Å². The molecule has 0 saturated heterocycles. The first kappa shape index (κ1) is 19.3. The molecule has 1 atom stereocenters. The lowest BCUT2D eigenvalue weighted by Crippen LogP contribution is -2.23. The lowest BCUT2D eigenvalue weighted by molar-refractivity contribution is -0.167. The second-order valence-electron chi connectivity index (χ2n) is 6.10. The van der Waals surface area contributed by atoms with Crippen LogP contribution in [-0.4, -0.2) is 40.3 Å². The van der Waals surface area contributed by atoms with Gasteiger partial charge in [0.05, 0.1) is 19.4 Å².